The van der Waals surface area contributed by atoms with Gasteiger partial charge < -0.3 is 20.1 Å². The van der Waals surface area contributed by atoms with Gasteiger partial charge >= 0.3 is 0 Å². The quantitative estimate of drug-likeness (QED) is 0.537. The highest BCUT2D eigenvalue weighted by Crippen LogP contribution is 2.17. The normalized spacial score (nSPS) is 15.5. The van der Waals surface area contributed by atoms with Gasteiger partial charge in [-0.15, -0.1) is 0 Å². The average molecular weight is 389 g/mol. The van der Waals surface area contributed by atoms with E-state index in [0.717, 1.165) is 56.7 Å². The van der Waals surface area contributed by atoms with Crippen molar-refractivity contribution in [2.75, 3.05) is 46.5 Å². The van der Waals surface area contributed by atoms with E-state index in [0.29, 0.717) is 13.2 Å². The summed E-state index contributed by atoms with van der Waals surface area (Å²) in [5.41, 5.74) is 2.38. The van der Waals surface area contributed by atoms with Gasteiger partial charge in [-0.25, -0.2) is 0 Å². The van der Waals surface area contributed by atoms with Crippen LogP contribution in [-0.2, 0) is 17.8 Å². The van der Waals surface area contributed by atoms with Crippen molar-refractivity contribution in [2.24, 2.45) is 4.99 Å². The van der Waals surface area contributed by atoms with E-state index >= 15 is 0 Å². The summed E-state index contributed by atoms with van der Waals surface area (Å²) in [6.07, 6.45) is 0. The minimum Gasteiger partial charge on any atom is -0.492 e. The molecule has 0 saturated carbocycles. The first-order valence-corrected chi connectivity index (χ1v) is 10.3. The number of para-hydroxylation sites is 1. The smallest absolute Gasteiger partial charge is 0.191 e. The summed E-state index contributed by atoms with van der Waals surface area (Å²) < 4.78 is 11.4. The van der Waals surface area contributed by atoms with Crippen LogP contribution >= 0.6 is 11.3 Å². The first-order valence-electron chi connectivity index (χ1n) is 9.31. The van der Waals surface area contributed by atoms with Gasteiger partial charge in [0.05, 0.1) is 13.2 Å². The molecule has 0 aliphatic carbocycles. The molecule has 0 radical (unpaired) electrons. The number of ether oxygens (including phenoxy) is 2. The summed E-state index contributed by atoms with van der Waals surface area (Å²) in [7, 11) is 1.79. The molecule has 0 bridgehead atoms. The lowest BCUT2D eigenvalue weighted by atomic mass is 10.2. The number of nitrogens with zero attached hydrogens (tertiary/aromatic N) is 2. The van der Waals surface area contributed by atoms with Crippen LogP contribution in [0.3, 0.4) is 0 Å². The lowest BCUT2D eigenvalue weighted by Gasteiger charge is -2.26. The molecule has 1 saturated heterocycles. The van der Waals surface area contributed by atoms with Gasteiger partial charge in [-0.1, -0.05) is 18.2 Å². The molecule has 0 spiro atoms. The Morgan fingerprint density at radius 2 is 2.00 bits per heavy atom. The maximum atomic E-state index is 6.04. The molecule has 1 aliphatic heterocycles. The van der Waals surface area contributed by atoms with Crippen LogP contribution in [0.4, 0.5) is 0 Å². The zero-order valence-electron chi connectivity index (χ0n) is 15.8. The predicted octanol–water partition coefficient (Wildman–Crippen LogP) is 2.32. The average Bonchev–Trinajstić information content (AvgIpc) is 3.23. The van der Waals surface area contributed by atoms with Crippen LogP contribution in [0.1, 0.15) is 11.1 Å². The monoisotopic (exact) mass is 388 g/mol. The van der Waals surface area contributed by atoms with E-state index in [1.807, 2.05) is 18.2 Å². The van der Waals surface area contributed by atoms with Gasteiger partial charge in [-0.05, 0) is 28.5 Å². The van der Waals surface area contributed by atoms with E-state index in [1.165, 1.54) is 5.56 Å². The number of hydrogen-bond donors (Lipinski definition) is 2. The standard InChI is InChI=1S/C20H28N4O2S/c1-21-20(22-14-17-6-13-27-16-17)23-15-18-4-2-3-5-19(18)26-12-9-24-7-10-25-11-8-24/h2-6,13,16H,7-12,14-15H2,1H3,(H2,21,22,23). The molecule has 0 amide bonds. The highest BCUT2D eigenvalue weighted by Gasteiger charge is 2.10. The van der Waals surface area contributed by atoms with Crippen molar-refractivity contribution < 1.29 is 9.47 Å². The minimum atomic E-state index is 0.664. The Morgan fingerprint density at radius 3 is 2.78 bits per heavy atom. The van der Waals surface area contributed by atoms with Crippen molar-refractivity contribution in [1.82, 2.24) is 15.5 Å². The van der Waals surface area contributed by atoms with E-state index in [-0.39, 0.29) is 0 Å². The summed E-state index contributed by atoms with van der Waals surface area (Å²) in [5.74, 6) is 1.70. The minimum absolute atomic E-state index is 0.664. The fraction of sp³-hybridized carbons (Fsp3) is 0.450. The highest BCUT2D eigenvalue weighted by atomic mass is 32.1. The number of thiophene rings is 1. The molecular weight excluding hydrogens is 360 g/mol. The molecule has 7 heteroatoms. The topological polar surface area (TPSA) is 58.1 Å². The van der Waals surface area contributed by atoms with E-state index in [4.69, 9.17) is 9.47 Å². The first kappa shape index (κ1) is 19.7. The van der Waals surface area contributed by atoms with Gasteiger partial charge in [-0.2, -0.15) is 11.3 Å². The van der Waals surface area contributed by atoms with Crippen LogP contribution < -0.4 is 15.4 Å². The Balaban J connectivity index is 1.46. The molecule has 0 unspecified atom stereocenters. The van der Waals surface area contributed by atoms with Gasteiger partial charge in [0.2, 0.25) is 0 Å². The summed E-state index contributed by atoms with van der Waals surface area (Å²) in [6.45, 7) is 6.64. The third-order valence-electron chi connectivity index (χ3n) is 4.45. The van der Waals surface area contributed by atoms with Gasteiger partial charge in [0.25, 0.3) is 0 Å². The van der Waals surface area contributed by atoms with Crippen molar-refractivity contribution in [3.63, 3.8) is 0 Å². The molecule has 146 valence electrons. The van der Waals surface area contributed by atoms with E-state index in [9.17, 15) is 0 Å². The number of aliphatic imine (C=N–C) groups is 1. The molecule has 6 nitrogen and oxygen atoms in total. The molecule has 27 heavy (non-hydrogen) atoms. The third-order valence-corrected chi connectivity index (χ3v) is 5.18. The fourth-order valence-electron chi connectivity index (χ4n) is 2.88. The van der Waals surface area contributed by atoms with Crippen molar-refractivity contribution >= 4 is 17.3 Å². The summed E-state index contributed by atoms with van der Waals surface area (Å²) in [6, 6.07) is 10.3. The molecule has 0 atom stereocenters. The molecule has 2 aromatic rings. The van der Waals surface area contributed by atoms with Gasteiger partial charge in [0.15, 0.2) is 5.96 Å². The van der Waals surface area contributed by atoms with Gasteiger partial charge in [0.1, 0.15) is 12.4 Å². The lowest BCUT2D eigenvalue weighted by molar-refractivity contribution is 0.0322. The molecule has 1 aliphatic rings. The van der Waals surface area contributed by atoms with Gasteiger partial charge in [0, 0.05) is 45.3 Å². The number of guanidine groups is 1. The zero-order valence-corrected chi connectivity index (χ0v) is 16.6. The Hall–Kier alpha value is -2.09. The molecule has 2 N–H and O–H groups in total. The Kier molecular flexibility index (Phi) is 7.95. The van der Waals surface area contributed by atoms with Crippen LogP contribution in [-0.4, -0.2) is 57.4 Å². The van der Waals surface area contributed by atoms with Crippen LogP contribution in [0.25, 0.3) is 0 Å². The molecule has 2 heterocycles. The Bertz CT molecular complexity index is 700. The summed E-state index contributed by atoms with van der Waals surface area (Å²) in [4.78, 5) is 6.67. The number of hydrogen-bond acceptors (Lipinski definition) is 5. The number of morpholine rings is 1. The molecule has 1 aromatic heterocycles. The molecule has 3 rings (SSSR count). The largest absolute Gasteiger partial charge is 0.492 e. The zero-order chi connectivity index (χ0) is 18.7. The SMILES string of the molecule is CN=C(NCc1ccsc1)NCc1ccccc1OCCN1CCOCC1. The van der Waals surface area contributed by atoms with Crippen LogP contribution in [0.2, 0.25) is 0 Å². The summed E-state index contributed by atoms with van der Waals surface area (Å²) in [5, 5.41) is 10.9. The second-order valence-electron chi connectivity index (χ2n) is 6.32. The fourth-order valence-corrected chi connectivity index (χ4v) is 3.55. The maximum Gasteiger partial charge on any atom is 0.191 e. The van der Waals surface area contributed by atoms with Gasteiger partial charge in [-0.3, -0.25) is 9.89 Å². The molecule has 1 fully saturated rings. The highest BCUT2D eigenvalue weighted by molar-refractivity contribution is 7.07. The second-order valence-corrected chi connectivity index (χ2v) is 7.10. The predicted molar refractivity (Wildman–Crippen MR) is 111 cm³/mol. The van der Waals surface area contributed by atoms with Crippen LogP contribution in [0.5, 0.6) is 5.75 Å². The van der Waals surface area contributed by atoms with Crippen molar-refractivity contribution in [2.45, 2.75) is 13.1 Å². The van der Waals surface area contributed by atoms with E-state index < -0.39 is 0 Å². The van der Waals surface area contributed by atoms with Crippen molar-refractivity contribution in [3.05, 3.63) is 52.2 Å². The number of benzene rings is 1. The third kappa shape index (κ3) is 6.53. The second kappa shape index (κ2) is 10.9. The molecular formula is C20H28N4O2S. The Labute approximate surface area is 165 Å². The first-order chi connectivity index (χ1) is 13.3. The molecule has 1 aromatic carbocycles. The number of nitrogens with one attached hydrogen (secondary N) is 2. The maximum absolute atomic E-state index is 6.04. The van der Waals surface area contributed by atoms with E-state index in [2.05, 4.69) is 43.4 Å². The van der Waals surface area contributed by atoms with Crippen LogP contribution in [0, 0.1) is 0 Å². The van der Waals surface area contributed by atoms with Crippen molar-refractivity contribution in [1.29, 1.82) is 0 Å². The summed E-state index contributed by atoms with van der Waals surface area (Å²) >= 11 is 1.70. The lowest BCUT2D eigenvalue weighted by Crippen LogP contribution is -2.38. The Morgan fingerprint density at radius 1 is 1.19 bits per heavy atom. The van der Waals surface area contributed by atoms with Crippen molar-refractivity contribution in [3.8, 4) is 5.75 Å². The van der Waals surface area contributed by atoms with Crippen LogP contribution in [0.15, 0.2) is 46.1 Å². The number of rotatable bonds is 8. The van der Waals surface area contributed by atoms with E-state index in [1.54, 1.807) is 18.4 Å².